The van der Waals surface area contributed by atoms with Crippen molar-refractivity contribution in [1.82, 2.24) is 19.8 Å². The van der Waals surface area contributed by atoms with Gasteiger partial charge in [0, 0.05) is 68.1 Å². The van der Waals surface area contributed by atoms with Crippen LogP contribution in [0.25, 0.3) is 15.7 Å². The second-order valence-corrected chi connectivity index (χ2v) is 11.5. The maximum Gasteiger partial charge on any atom is 0.254 e. The molecule has 0 radical (unpaired) electrons. The SMILES string of the molecule is [C-]#[N+]c1cc(Cl)c(Nc2ccc3c(c2)cc(CCC(=O)NC)c(=O)n3CCN(C)C)nc1N1C[C@@H](C)C(F)[C@@H](C)C1. The Labute approximate surface area is 245 Å². The molecule has 1 amide bonds. The van der Waals surface area contributed by atoms with Crippen molar-refractivity contribution in [2.75, 3.05) is 51.0 Å². The van der Waals surface area contributed by atoms with Crippen LogP contribution < -0.4 is 21.1 Å². The highest BCUT2D eigenvalue weighted by Crippen LogP contribution is 2.38. The lowest BCUT2D eigenvalue weighted by molar-refractivity contribution is -0.120. The minimum atomic E-state index is -0.901. The van der Waals surface area contributed by atoms with E-state index < -0.39 is 6.17 Å². The number of piperidine rings is 1. The summed E-state index contributed by atoms with van der Waals surface area (Å²) in [5.41, 5.74) is 2.27. The molecule has 1 aliphatic heterocycles. The average molecular weight is 582 g/mol. The number of amides is 1. The maximum absolute atomic E-state index is 14.5. The van der Waals surface area contributed by atoms with E-state index in [9.17, 15) is 14.0 Å². The van der Waals surface area contributed by atoms with Gasteiger partial charge in [0.05, 0.1) is 17.1 Å². The molecule has 2 aromatic heterocycles. The van der Waals surface area contributed by atoms with Gasteiger partial charge in [-0.2, -0.15) is 0 Å². The van der Waals surface area contributed by atoms with Crippen molar-refractivity contribution in [2.24, 2.45) is 11.8 Å². The minimum Gasteiger partial charge on any atom is -0.364 e. The number of hydrogen-bond donors (Lipinski definition) is 2. The zero-order valence-corrected chi connectivity index (χ0v) is 24.9. The highest BCUT2D eigenvalue weighted by atomic mass is 35.5. The van der Waals surface area contributed by atoms with Crippen molar-refractivity contribution in [3.05, 3.63) is 62.7 Å². The molecule has 0 bridgehead atoms. The van der Waals surface area contributed by atoms with Crippen LogP contribution in [0.3, 0.4) is 0 Å². The normalized spacial score (nSPS) is 18.9. The van der Waals surface area contributed by atoms with Crippen LogP contribution >= 0.6 is 11.6 Å². The third kappa shape index (κ3) is 6.80. The summed E-state index contributed by atoms with van der Waals surface area (Å²) >= 11 is 6.56. The fourth-order valence-corrected chi connectivity index (χ4v) is 5.51. The largest absolute Gasteiger partial charge is 0.364 e. The molecule has 1 unspecified atom stereocenters. The summed E-state index contributed by atoms with van der Waals surface area (Å²) < 4.78 is 16.2. The van der Waals surface area contributed by atoms with Gasteiger partial charge in [0.25, 0.3) is 5.56 Å². The number of pyridine rings is 2. The molecule has 41 heavy (non-hydrogen) atoms. The van der Waals surface area contributed by atoms with E-state index in [0.717, 1.165) is 10.9 Å². The molecule has 9 nitrogen and oxygen atoms in total. The van der Waals surface area contributed by atoms with Gasteiger partial charge in [-0.3, -0.25) is 9.59 Å². The maximum atomic E-state index is 14.5. The lowest BCUT2D eigenvalue weighted by Gasteiger charge is -2.39. The quantitative estimate of drug-likeness (QED) is 0.345. The summed E-state index contributed by atoms with van der Waals surface area (Å²) in [6.07, 6.45) is -0.355. The number of carbonyl (C=O) groups is 1. The molecule has 2 N–H and O–H groups in total. The number of halogens is 2. The molecule has 0 spiro atoms. The monoisotopic (exact) mass is 581 g/mol. The van der Waals surface area contributed by atoms with Crippen LogP contribution in [-0.4, -0.2) is 67.3 Å². The van der Waals surface area contributed by atoms with E-state index in [2.05, 4.69) is 15.5 Å². The van der Waals surface area contributed by atoms with Crippen LogP contribution in [0.5, 0.6) is 0 Å². The molecule has 1 aromatic carbocycles. The summed E-state index contributed by atoms with van der Waals surface area (Å²) in [6, 6.07) is 9.09. The second-order valence-electron chi connectivity index (χ2n) is 11.1. The molecule has 218 valence electrons. The molecular weight excluding hydrogens is 545 g/mol. The molecule has 0 saturated carbocycles. The van der Waals surface area contributed by atoms with Crippen molar-refractivity contribution < 1.29 is 9.18 Å². The third-order valence-corrected chi connectivity index (χ3v) is 7.85. The Morgan fingerprint density at radius 2 is 1.93 bits per heavy atom. The first-order valence-corrected chi connectivity index (χ1v) is 14.2. The first-order chi connectivity index (χ1) is 19.5. The zero-order chi connectivity index (χ0) is 29.8. The second kappa shape index (κ2) is 12.9. The number of alkyl halides is 1. The standard InChI is InChI=1S/C30H37ClFN7O2/c1-18-16-38(17-19(2)27(18)32)29-24(33-3)15-23(31)28(36-29)35-22-8-9-25-21(14-22)13-20(7-10-26(40)34-4)30(41)39(25)12-11-37(5)6/h8-9,13-15,18-19,27H,7,10-12,16-17H2,1-2,4-6H3,(H,34,40)(H,35,36)/t18-,19+,27?. The van der Waals surface area contributed by atoms with Gasteiger partial charge >= 0.3 is 0 Å². The smallest absolute Gasteiger partial charge is 0.254 e. The van der Waals surface area contributed by atoms with Gasteiger partial charge in [0.15, 0.2) is 0 Å². The molecule has 3 heterocycles. The number of rotatable bonds is 9. The molecule has 1 aliphatic rings. The number of carbonyl (C=O) groups excluding carboxylic acids is 1. The minimum absolute atomic E-state index is 0.103. The molecule has 11 heteroatoms. The Balaban J connectivity index is 1.72. The summed E-state index contributed by atoms with van der Waals surface area (Å²) in [5.74, 6) is 0.367. The van der Waals surface area contributed by atoms with E-state index >= 15 is 0 Å². The molecule has 0 aliphatic carbocycles. The summed E-state index contributed by atoms with van der Waals surface area (Å²) in [5, 5.41) is 7.02. The predicted molar refractivity (Wildman–Crippen MR) is 163 cm³/mol. The van der Waals surface area contributed by atoms with Crippen LogP contribution in [0.4, 0.5) is 27.4 Å². The first kappa shape index (κ1) is 30.3. The Kier molecular flexibility index (Phi) is 9.51. The number of nitrogens with zero attached hydrogens (tertiary/aromatic N) is 5. The lowest BCUT2D eigenvalue weighted by Crippen LogP contribution is -2.46. The topological polar surface area (TPSA) is 86.9 Å². The highest BCUT2D eigenvalue weighted by Gasteiger charge is 2.33. The van der Waals surface area contributed by atoms with Gasteiger partial charge in [-0.15, -0.1) is 0 Å². The van der Waals surface area contributed by atoms with Gasteiger partial charge in [-0.25, -0.2) is 14.2 Å². The third-order valence-electron chi connectivity index (χ3n) is 7.56. The van der Waals surface area contributed by atoms with Crippen molar-refractivity contribution >= 4 is 51.4 Å². The van der Waals surface area contributed by atoms with E-state index in [-0.39, 0.29) is 29.7 Å². The van der Waals surface area contributed by atoms with Gasteiger partial charge in [-0.05, 0) is 50.8 Å². The number of aryl methyl sites for hydroxylation is 1. The Hall–Kier alpha value is -3.68. The van der Waals surface area contributed by atoms with Crippen LogP contribution in [0.1, 0.15) is 25.8 Å². The van der Waals surface area contributed by atoms with Gasteiger partial charge in [0.2, 0.25) is 11.6 Å². The van der Waals surface area contributed by atoms with Gasteiger partial charge in [0.1, 0.15) is 17.8 Å². The van der Waals surface area contributed by atoms with Crippen LogP contribution in [0.2, 0.25) is 5.02 Å². The number of anilines is 3. The number of nitrogens with one attached hydrogen (secondary N) is 2. The zero-order valence-electron chi connectivity index (χ0n) is 24.2. The summed E-state index contributed by atoms with van der Waals surface area (Å²) in [4.78, 5) is 37.6. The first-order valence-electron chi connectivity index (χ1n) is 13.8. The van der Waals surface area contributed by atoms with E-state index in [4.69, 9.17) is 23.2 Å². The predicted octanol–water partition coefficient (Wildman–Crippen LogP) is 5.01. The van der Waals surface area contributed by atoms with Crippen molar-refractivity contribution in [3.8, 4) is 0 Å². The van der Waals surface area contributed by atoms with E-state index in [0.29, 0.717) is 66.2 Å². The lowest BCUT2D eigenvalue weighted by atomic mass is 9.89. The fourth-order valence-electron chi connectivity index (χ4n) is 5.31. The van der Waals surface area contributed by atoms with Crippen LogP contribution in [-0.2, 0) is 17.8 Å². The highest BCUT2D eigenvalue weighted by molar-refractivity contribution is 6.33. The molecule has 4 rings (SSSR count). The summed E-state index contributed by atoms with van der Waals surface area (Å²) in [6.45, 7) is 13.5. The number of aromatic nitrogens is 2. The Bertz CT molecular complexity index is 1520. The Morgan fingerprint density at radius 3 is 2.56 bits per heavy atom. The number of hydrogen-bond acceptors (Lipinski definition) is 6. The Morgan fingerprint density at radius 1 is 1.22 bits per heavy atom. The number of fused-ring (bicyclic) bond motifs is 1. The van der Waals surface area contributed by atoms with Crippen LogP contribution in [0.15, 0.2) is 35.1 Å². The van der Waals surface area contributed by atoms with Crippen molar-refractivity contribution in [1.29, 1.82) is 0 Å². The van der Waals surface area contributed by atoms with Crippen LogP contribution in [0, 0.1) is 18.4 Å². The molecule has 1 fully saturated rings. The fraction of sp³-hybridized carbons (Fsp3) is 0.467. The van der Waals surface area contributed by atoms with E-state index in [1.54, 1.807) is 17.7 Å². The van der Waals surface area contributed by atoms with Crippen molar-refractivity contribution in [2.45, 2.75) is 39.4 Å². The van der Waals surface area contributed by atoms with Gasteiger partial charge < -0.3 is 25.0 Å². The molecular formula is C30H37ClFN7O2. The number of likely N-dealkylation sites (N-methyl/N-ethyl adjacent to an activating group) is 1. The molecule has 3 aromatic rings. The van der Waals surface area contributed by atoms with Crippen molar-refractivity contribution in [3.63, 3.8) is 0 Å². The van der Waals surface area contributed by atoms with Gasteiger partial charge in [-0.1, -0.05) is 25.4 Å². The average Bonchev–Trinajstić information content (AvgIpc) is 2.94. The number of benzene rings is 1. The molecule has 1 saturated heterocycles. The molecule has 3 atom stereocenters. The van der Waals surface area contributed by atoms with E-state index in [1.165, 1.54) is 0 Å². The summed E-state index contributed by atoms with van der Waals surface area (Å²) in [7, 11) is 5.49. The van der Waals surface area contributed by atoms with E-state index in [1.807, 2.05) is 62.0 Å².